The number of hydrogen-bond acceptors (Lipinski definition) is 2. The van der Waals surface area contributed by atoms with Crippen LogP contribution in [0.3, 0.4) is 0 Å². The number of nitrogens with one attached hydrogen (secondary N) is 1. The van der Waals surface area contributed by atoms with Crippen LogP contribution in [0.15, 0.2) is 0 Å². The Hall–Kier alpha value is 0.110. The normalized spacial score (nSPS) is 27.5. The summed E-state index contributed by atoms with van der Waals surface area (Å²) in [6.07, 6.45) is 5.25. The van der Waals surface area contributed by atoms with Crippen LogP contribution in [-0.4, -0.2) is 28.3 Å². The first-order valence-corrected chi connectivity index (χ1v) is 7.60. The largest absolute Gasteiger partial charge is 0.313 e. The van der Waals surface area contributed by atoms with Crippen LogP contribution >= 0.6 is 0 Å². The van der Waals surface area contributed by atoms with Gasteiger partial charge in [0.2, 0.25) is 0 Å². The Morgan fingerprint density at radius 2 is 2.20 bits per heavy atom. The lowest BCUT2D eigenvalue weighted by Gasteiger charge is -2.35. The zero-order chi connectivity index (χ0) is 11.3. The molecule has 0 aromatic heterocycles. The van der Waals surface area contributed by atoms with Crippen molar-refractivity contribution in [1.29, 1.82) is 0 Å². The van der Waals surface area contributed by atoms with E-state index in [0.717, 1.165) is 18.1 Å². The summed E-state index contributed by atoms with van der Waals surface area (Å²) in [5.74, 6) is 1.60. The molecule has 0 bridgehead atoms. The fourth-order valence-corrected chi connectivity index (χ4v) is 3.03. The first kappa shape index (κ1) is 13.2. The van der Waals surface area contributed by atoms with Gasteiger partial charge < -0.3 is 5.32 Å². The molecule has 1 fully saturated rings. The summed E-state index contributed by atoms with van der Waals surface area (Å²) in [7, 11) is -0.613. The second-order valence-electron chi connectivity index (χ2n) is 5.34. The third kappa shape index (κ3) is 5.12. The van der Waals surface area contributed by atoms with Gasteiger partial charge in [0.1, 0.15) is 0 Å². The van der Waals surface area contributed by atoms with Gasteiger partial charge in [-0.05, 0) is 24.7 Å². The van der Waals surface area contributed by atoms with Crippen LogP contribution in [-0.2, 0) is 10.8 Å². The van der Waals surface area contributed by atoms with Gasteiger partial charge in [-0.1, -0.05) is 27.2 Å². The molecule has 0 aliphatic heterocycles. The maximum Gasteiger partial charge on any atom is 0.0360 e. The summed E-state index contributed by atoms with van der Waals surface area (Å²) in [5.41, 5.74) is 0.500. The molecule has 1 aliphatic rings. The van der Waals surface area contributed by atoms with Gasteiger partial charge in [-0.2, -0.15) is 0 Å². The summed E-state index contributed by atoms with van der Waals surface area (Å²) in [4.78, 5) is 0. The van der Waals surface area contributed by atoms with E-state index in [-0.39, 0.29) is 0 Å². The molecule has 90 valence electrons. The number of hydrogen-bond donors (Lipinski definition) is 1. The van der Waals surface area contributed by atoms with E-state index in [1.54, 1.807) is 0 Å². The molecule has 0 aromatic carbocycles. The van der Waals surface area contributed by atoms with E-state index in [1.807, 2.05) is 6.92 Å². The van der Waals surface area contributed by atoms with Gasteiger partial charge in [0, 0.05) is 34.9 Å². The SMILES string of the molecule is CCS(=O)CCNC1CCCC(C)(C)C1. The van der Waals surface area contributed by atoms with Gasteiger partial charge in [0.05, 0.1) is 0 Å². The molecule has 1 saturated carbocycles. The first-order chi connectivity index (χ1) is 7.03. The molecular formula is C12H25NOS. The maximum atomic E-state index is 11.3. The third-order valence-electron chi connectivity index (χ3n) is 3.29. The molecule has 0 radical (unpaired) electrons. The van der Waals surface area contributed by atoms with E-state index in [2.05, 4.69) is 19.2 Å². The highest BCUT2D eigenvalue weighted by Crippen LogP contribution is 2.34. The van der Waals surface area contributed by atoms with Crippen molar-refractivity contribution < 1.29 is 4.21 Å². The van der Waals surface area contributed by atoms with E-state index in [9.17, 15) is 4.21 Å². The van der Waals surface area contributed by atoms with Crippen molar-refractivity contribution in [3.8, 4) is 0 Å². The first-order valence-electron chi connectivity index (χ1n) is 6.12. The van der Waals surface area contributed by atoms with E-state index >= 15 is 0 Å². The average Bonchev–Trinajstić information content (AvgIpc) is 2.16. The van der Waals surface area contributed by atoms with Crippen LogP contribution in [0.25, 0.3) is 0 Å². The lowest BCUT2D eigenvalue weighted by Crippen LogP contribution is -2.39. The van der Waals surface area contributed by atoms with Crippen molar-refractivity contribution >= 4 is 10.8 Å². The minimum atomic E-state index is -0.613. The molecule has 0 spiro atoms. The topological polar surface area (TPSA) is 29.1 Å². The van der Waals surface area contributed by atoms with Crippen molar-refractivity contribution in [2.24, 2.45) is 5.41 Å². The second-order valence-corrected chi connectivity index (χ2v) is 7.21. The second kappa shape index (κ2) is 6.00. The molecule has 3 heteroatoms. The Kier molecular flexibility index (Phi) is 5.27. The van der Waals surface area contributed by atoms with Gasteiger partial charge in [-0.25, -0.2) is 0 Å². The monoisotopic (exact) mass is 231 g/mol. The van der Waals surface area contributed by atoms with E-state index in [0.29, 0.717) is 11.5 Å². The van der Waals surface area contributed by atoms with Crippen LogP contribution in [0.2, 0.25) is 0 Å². The molecule has 2 nitrogen and oxygen atoms in total. The summed E-state index contributed by atoms with van der Waals surface area (Å²) in [6.45, 7) is 7.61. The van der Waals surface area contributed by atoms with Gasteiger partial charge in [0.15, 0.2) is 0 Å². The van der Waals surface area contributed by atoms with E-state index in [1.165, 1.54) is 25.7 Å². The molecule has 15 heavy (non-hydrogen) atoms. The molecule has 0 heterocycles. The molecule has 2 atom stereocenters. The van der Waals surface area contributed by atoms with Crippen LogP contribution in [0.5, 0.6) is 0 Å². The lowest BCUT2D eigenvalue weighted by molar-refractivity contribution is 0.200. The molecule has 2 unspecified atom stereocenters. The zero-order valence-electron chi connectivity index (χ0n) is 10.3. The summed E-state index contributed by atoms with van der Waals surface area (Å²) in [5, 5.41) is 3.55. The maximum absolute atomic E-state index is 11.3. The minimum absolute atomic E-state index is 0.500. The molecule has 0 aromatic rings. The Balaban J connectivity index is 2.18. The molecule has 1 N–H and O–H groups in total. The standard InChI is InChI=1S/C12H25NOS/c1-4-15(14)9-8-13-11-6-5-7-12(2,3)10-11/h11,13H,4-10H2,1-3H3. The quantitative estimate of drug-likeness (QED) is 0.787. The van der Waals surface area contributed by atoms with Crippen LogP contribution in [0.4, 0.5) is 0 Å². The average molecular weight is 231 g/mol. The predicted octanol–water partition coefficient (Wildman–Crippen LogP) is 2.31. The molecular weight excluding hydrogens is 206 g/mol. The van der Waals surface area contributed by atoms with Gasteiger partial charge in [-0.3, -0.25) is 4.21 Å². The highest BCUT2D eigenvalue weighted by Gasteiger charge is 2.27. The summed E-state index contributed by atoms with van der Waals surface area (Å²) < 4.78 is 11.3. The van der Waals surface area contributed by atoms with E-state index in [4.69, 9.17) is 0 Å². The summed E-state index contributed by atoms with van der Waals surface area (Å²) >= 11 is 0. The van der Waals surface area contributed by atoms with Gasteiger partial charge in [-0.15, -0.1) is 0 Å². The Labute approximate surface area is 96.7 Å². The van der Waals surface area contributed by atoms with Crippen LogP contribution in [0.1, 0.15) is 46.5 Å². The molecule has 1 aliphatic carbocycles. The zero-order valence-corrected chi connectivity index (χ0v) is 11.2. The van der Waals surface area contributed by atoms with Crippen molar-refractivity contribution in [3.63, 3.8) is 0 Å². The van der Waals surface area contributed by atoms with Gasteiger partial charge in [0.25, 0.3) is 0 Å². The van der Waals surface area contributed by atoms with Crippen molar-refractivity contribution in [2.45, 2.75) is 52.5 Å². The van der Waals surface area contributed by atoms with Crippen molar-refractivity contribution in [3.05, 3.63) is 0 Å². The fourth-order valence-electron chi connectivity index (χ4n) is 2.39. The van der Waals surface area contributed by atoms with Crippen molar-refractivity contribution in [1.82, 2.24) is 5.32 Å². The molecule has 1 rings (SSSR count). The third-order valence-corrected chi connectivity index (χ3v) is 4.59. The highest BCUT2D eigenvalue weighted by molar-refractivity contribution is 7.84. The van der Waals surface area contributed by atoms with Crippen molar-refractivity contribution in [2.75, 3.05) is 18.1 Å². The molecule has 0 amide bonds. The smallest absolute Gasteiger partial charge is 0.0360 e. The summed E-state index contributed by atoms with van der Waals surface area (Å²) in [6, 6.07) is 0.655. The highest BCUT2D eigenvalue weighted by atomic mass is 32.2. The minimum Gasteiger partial charge on any atom is -0.313 e. The predicted molar refractivity (Wildman–Crippen MR) is 67.6 cm³/mol. The lowest BCUT2D eigenvalue weighted by atomic mass is 9.75. The van der Waals surface area contributed by atoms with Crippen LogP contribution < -0.4 is 5.32 Å². The molecule has 0 saturated heterocycles. The Morgan fingerprint density at radius 3 is 2.80 bits per heavy atom. The van der Waals surface area contributed by atoms with Gasteiger partial charge >= 0.3 is 0 Å². The van der Waals surface area contributed by atoms with Crippen LogP contribution in [0, 0.1) is 5.41 Å². The Bertz CT molecular complexity index is 216. The number of rotatable bonds is 5. The Morgan fingerprint density at radius 1 is 1.47 bits per heavy atom. The fraction of sp³-hybridized carbons (Fsp3) is 1.00. The van der Waals surface area contributed by atoms with E-state index < -0.39 is 10.8 Å².